The predicted molar refractivity (Wildman–Crippen MR) is 70.2 cm³/mol. The van der Waals surface area contributed by atoms with Crippen molar-refractivity contribution < 1.29 is 14.6 Å². The second-order valence-electron chi connectivity index (χ2n) is 4.57. The van der Waals surface area contributed by atoms with Crippen LogP contribution in [0.4, 0.5) is 5.69 Å². The van der Waals surface area contributed by atoms with Crippen LogP contribution in [0.1, 0.15) is 20.3 Å². The van der Waals surface area contributed by atoms with Crippen LogP contribution < -0.4 is 9.64 Å². The van der Waals surface area contributed by atoms with E-state index in [4.69, 9.17) is 9.84 Å². The van der Waals surface area contributed by atoms with Crippen LogP contribution in [-0.2, 0) is 4.79 Å². The molecule has 1 N–H and O–H groups in total. The fourth-order valence-corrected chi connectivity index (χ4v) is 2.58. The van der Waals surface area contributed by atoms with Crippen LogP contribution in [0, 0.1) is 5.92 Å². The minimum atomic E-state index is -0.709. The highest BCUT2D eigenvalue weighted by Gasteiger charge is 2.36. The third-order valence-corrected chi connectivity index (χ3v) is 3.55. The van der Waals surface area contributed by atoms with Crippen molar-refractivity contribution in [2.75, 3.05) is 18.1 Å². The summed E-state index contributed by atoms with van der Waals surface area (Å²) in [4.78, 5) is 13.3. The first-order valence-corrected chi connectivity index (χ1v) is 6.36. The van der Waals surface area contributed by atoms with Crippen molar-refractivity contribution in [3.8, 4) is 5.75 Å². The van der Waals surface area contributed by atoms with E-state index in [1.165, 1.54) is 0 Å². The Kier molecular flexibility index (Phi) is 3.75. The lowest BCUT2D eigenvalue weighted by Gasteiger charge is -2.27. The summed E-state index contributed by atoms with van der Waals surface area (Å²) in [6.07, 6.45) is 0.691. The SMILES string of the molecule is CCOc1ccccc1N1CCC(C(=O)O)C1C. The Labute approximate surface area is 107 Å². The summed E-state index contributed by atoms with van der Waals surface area (Å²) < 4.78 is 5.60. The summed E-state index contributed by atoms with van der Waals surface area (Å²) in [6, 6.07) is 7.82. The fraction of sp³-hybridized carbons (Fsp3) is 0.500. The van der Waals surface area contributed by atoms with Gasteiger partial charge in [0.25, 0.3) is 0 Å². The molecular formula is C14H19NO3. The molecule has 2 rings (SSSR count). The van der Waals surface area contributed by atoms with Gasteiger partial charge in [-0.25, -0.2) is 0 Å². The quantitative estimate of drug-likeness (QED) is 0.890. The lowest BCUT2D eigenvalue weighted by molar-refractivity contribution is -0.141. The van der Waals surface area contributed by atoms with Crippen molar-refractivity contribution in [2.24, 2.45) is 5.92 Å². The standard InChI is InChI=1S/C14H19NO3/c1-3-18-13-7-5-4-6-12(13)15-9-8-11(10(15)2)14(16)17/h4-7,10-11H,3,8-9H2,1-2H3,(H,16,17). The average molecular weight is 249 g/mol. The van der Waals surface area contributed by atoms with Gasteiger partial charge in [-0.1, -0.05) is 12.1 Å². The molecule has 0 radical (unpaired) electrons. The molecule has 1 aromatic carbocycles. The Morgan fingerprint density at radius 3 is 2.83 bits per heavy atom. The van der Waals surface area contributed by atoms with E-state index >= 15 is 0 Å². The van der Waals surface area contributed by atoms with Gasteiger partial charge in [0.05, 0.1) is 18.2 Å². The van der Waals surface area contributed by atoms with Gasteiger partial charge in [0, 0.05) is 12.6 Å². The monoisotopic (exact) mass is 249 g/mol. The molecule has 1 fully saturated rings. The maximum Gasteiger partial charge on any atom is 0.308 e. The molecule has 1 saturated heterocycles. The van der Waals surface area contributed by atoms with Crippen LogP contribution in [0.3, 0.4) is 0 Å². The van der Waals surface area contributed by atoms with Crippen molar-refractivity contribution in [3.63, 3.8) is 0 Å². The van der Waals surface area contributed by atoms with E-state index in [-0.39, 0.29) is 12.0 Å². The normalized spacial score (nSPS) is 23.1. The van der Waals surface area contributed by atoms with Gasteiger partial charge in [-0.15, -0.1) is 0 Å². The summed E-state index contributed by atoms with van der Waals surface area (Å²) in [5.74, 6) is -0.170. The molecule has 98 valence electrons. The van der Waals surface area contributed by atoms with E-state index in [2.05, 4.69) is 4.90 Å². The Morgan fingerprint density at radius 2 is 2.22 bits per heavy atom. The number of para-hydroxylation sites is 2. The van der Waals surface area contributed by atoms with Gasteiger partial charge in [0.1, 0.15) is 5.75 Å². The smallest absolute Gasteiger partial charge is 0.308 e. The number of nitrogens with zero attached hydrogens (tertiary/aromatic N) is 1. The van der Waals surface area contributed by atoms with Gasteiger partial charge in [-0.3, -0.25) is 4.79 Å². The van der Waals surface area contributed by atoms with Crippen LogP contribution in [0.25, 0.3) is 0 Å². The Morgan fingerprint density at radius 1 is 1.50 bits per heavy atom. The maximum absolute atomic E-state index is 11.1. The van der Waals surface area contributed by atoms with Crippen molar-refractivity contribution in [1.82, 2.24) is 0 Å². The number of hydrogen-bond donors (Lipinski definition) is 1. The zero-order chi connectivity index (χ0) is 13.1. The number of aliphatic carboxylic acids is 1. The highest BCUT2D eigenvalue weighted by molar-refractivity contribution is 5.73. The number of rotatable bonds is 4. The third-order valence-electron chi connectivity index (χ3n) is 3.55. The molecular weight excluding hydrogens is 230 g/mol. The summed E-state index contributed by atoms with van der Waals surface area (Å²) >= 11 is 0. The van der Waals surface area contributed by atoms with Crippen LogP contribution in [-0.4, -0.2) is 30.3 Å². The average Bonchev–Trinajstić information content (AvgIpc) is 2.72. The summed E-state index contributed by atoms with van der Waals surface area (Å²) in [5, 5.41) is 9.16. The lowest BCUT2D eigenvalue weighted by Crippen LogP contribution is -2.33. The van der Waals surface area contributed by atoms with E-state index in [0.29, 0.717) is 13.0 Å². The van der Waals surface area contributed by atoms with Crippen molar-refractivity contribution in [3.05, 3.63) is 24.3 Å². The number of hydrogen-bond acceptors (Lipinski definition) is 3. The number of carboxylic acids is 1. The molecule has 0 saturated carbocycles. The molecule has 4 nitrogen and oxygen atoms in total. The number of anilines is 1. The molecule has 1 aromatic rings. The Bertz CT molecular complexity index is 433. The minimum absolute atomic E-state index is 0.00380. The predicted octanol–water partition coefficient (Wildman–Crippen LogP) is 2.38. The number of ether oxygens (including phenoxy) is 1. The van der Waals surface area contributed by atoms with Crippen molar-refractivity contribution in [1.29, 1.82) is 0 Å². The number of benzene rings is 1. The molecule has 18 heavy (non-hydrogen) atoms. The topological polar surface area (TPSA) is 49.8 Å². The van der Waals surface area contributed by atoms with Crippen molar-refractivity contribution >= 4 is 11.7 Å². The van der Waals surface area contributed by atoms with Gasteiger partial charge in [0.2, 0.25) is 0 Å². The molecule has 2 unspecified atom stereocenters. The van der Waals surface area contributed by atoms with Crippen LogP contribution in [0.5, 0.6) is 5.75 Å². The second-order valence-corrected chi connectivity index (χ2v) is 4.57. The second kappa shape index (κ2) is 5.29. The maximum atomic E-state index is 11.1. The Balaban J connectivity index is 2.25. The molecule has 0 aliphatic carbocycles. The van der Waals surface area contributed by atoms with E-state index in [9.17, 15) is 4.79 Å². The molecule has 2 atom stereocenters. The van der Waals surface area contributed by atoms with Crippen molar-refractivity contribution in [2.45, 2.75) is 26.3 Å². The molecule has 0 bridgehead atoms. The minimum Gasteiger partial charge on any atom is -0.492 e. The lowest BCUT2D eigenvalue weighted by atomic mass is 10.0. The number of carboxylic acid groups (broad SMARTS) is 1. The molecule has 0 spiro atoms. The summed E-state index contributed by atoms with van der Waals surface area (Å²) in [7, 11) is 0. The third kappa shape index (κ3) is 2.28. The van der Waals surface area contributed by atoms with E-state index in [1.807, 2.05) is 38.1 Å². The highest BCUT2D eigenvalue weighted by Crippen LogP contribution is 2.35. The van der Waals surface area contributed by atoms with Crippen LogP contribution in [0.2, 0.25) is 0 Å². The Hall–Kier alpha value is -1.71. The first kappa shape index (κ1) is 12.7. The largest absolute Gasteiger partial charge is 0.492 e. The zero-order valence-corrected chi connectivity index (χ0v) is 10.8. The first-order chi connectivity index (χ1) is 8.65. The van der Waals surface area contributed by atoms with Crippen LogP contribution >= 0.6 is 0 Å². The highest BCUT2D eigenvalue weighted by atomic mass is 16.5. The van der Waals surface area contributed by atoms with Gasteiger partial charge in [0.15, 0.2) is 0 Å². The molecule has 1 heterocycles. The van der Waals surface area contributed by atoms with E-state index in [1.54, 1.807) is 0 Å². The summed E-state index contributed by atoms with van der Waals surface area (Å²) in [6.45, 7) is 5.29. The molecule has 1 aliphatic rings. The van der Waals surface area contributed by atoms with Crippen LogP contribution in [0.15, 0.2) is 24.3 Å². The fourth-order valence-electron chi connectivity index (χ4n) is 2.58. The van der Waals surface area contributed by atoms with Gasteiger partial charge < -0.3 is 14.7 Å². The number of carbonyl (C=O) groups is 1. The van der Waals surface area contributed by atoms with E-state index < -0.39 is 5.97 Å². The zero-order valence-electron chi connectivity index (χ0n) is 10.8. The first-order valence-electron chi connectivity index (χ1n) is 6.36. The van der Waals surface area contributed by atoms with Gasteiger partial charge in [-0.2, -0.15) is 0 Å². The van der Waals surface area contributed by atoms with Gasteiger partial charge >= 0.3 is 5.97 Å². The molecule has 4 heteroatoms. The molecule has 0 amide bonds. The molecule has 0 aromatic heterocycles. The molecule has 1 aliphatic heterocycles. The van der Waals surface area contributed by atoms with Gasteiger partial charge in [-0.05, 0) is 32.4 Å². The summed E-state index contributed by atoms with van der Waals surface area (Å²) in [5.41, 5.74) is 0.996. The van der Waals surface area contributed by atoms with E-state index in [0.717, 1.165) is 18.0 Å².